The number of benzene rings is 6. The molecule has 6 aromatic rings. The highest BCUT2D eigenvalue weighted by Crippen LogP contribution is 2.35. The van der Waals surface area contributed by atoms with Crippen LogP contribution in [0.1, 0.15) is 49.9 Å². The van der Waals surface area contributed by atoms with E-state index in [2.05, 4.69) is 65.1 Å². The number of esters is 2. The maximum Gasteiger partial charge on any atom is 0.330 e. The molecule has 1 fully saturated rings. The largest absolute Gasteiger partial charge is 0.491 e. The van der Waals surface area contributed by atoms with Crippen LogP contribution in [0, 0.1) is 0 Å². The van der Waals surface area contributed by atoms with Crippen molar-refractivity contribution in [2.45, 2.75) is 56.8 Å². The molecule has 0 amide bonds. The molecule has 1 saturated heterocycles. The van der Waals surface area contributed by atoms with Crippen molar-refractivity contribution in [2.75, 3.05) is 39.6 Å². The predicted octanol–water partition coefficient (Wildman–Crippen LogP) is 10.9. The Labute approximate surface area is 393 Å². The molecule has 0 aromatic heterocycles. The van der Waals surface area contributed by atoms with Crippen LogP contribution in [0.2, 0.25) is 0 Å². The zero-order valence-electron chi connectivity index (χ0n) is 38.6. The molecule has 10 nitrogen and oxygen atoms in total. The molecule has 7 rings (SSSR count). The Hall–Kier alpha value is -7.30. The molecule has 0 N–H and O–H groups in total. The van der Waals surface area contributed by atoms with E-state index in [-0.39, 0.29) is 43.4 Å². The van der Waals surface area contributed by atoms with Crippen molar-refractivity contribution in [3.63, 3.8) is 0 Å². The van der Waals surface area contributed by atoms with Gasteiger partial charge in [-0.1, -0.05) is 132 Å². The predicted molar refractivity (Wildman–Crippen MR) is 259 cm³/mol. The minimum absolute atomic E-state index is 0.0733. The maximum atomic E-state index is 12.3. The van der Waals surface area contributed by atoms with E-state index in [4.69, 9.17) is 37.9 Å². The number of rotatable bonds is 24. The van der Waals surface area contributed by atoms with Gasteiger partial charge >= 0.3 is 11.9 Å². The van der Waals surface area contributed by atoms with E-state index in [0.717, 1.165) is 57.9 Å². The molecule has 10 heteroatoms. The Kier molecular flexibility index (Phi) is 15.8. The first-order valence-electron chi connectivity index (χ1n) is 22.4. The molecule has 0 aliphatic carbocycles. The van der Waals surface area contributed by atoms with Crippen LogP contribution < -0.4 is 23.7 Å². The Morgan fingerprint density at radius 2 is 0.791 bits per heavy atom. The maximum absolute atomic E-state index is 12.3. The Bertz CT molecular complexity index is 2530. The SMILES string of the molecule is C=CC(=O)OC(COc1ccc(-c2ccccc2)cc1)COc1ccc(C(C)(C)c2ccc(OCC(COc3ccc(C(C)(C)c4ccc(OCC5CO5)cc4)cc3)OC(=O)C=C)cc2)cc1. The van der Waals surface area contributed by atoms with E-state index in [9.17, 15) is 9.59 Å². The molecule has 0 spiro atoms. The number of epoxide rings is 1. The zero-order chi connectivity index (χ0) is 47.2. The van der Waals surface area contributed by atoms with Crippen LogP contribution in [0.3, 0.4) is 0 Å². The van der Waals surface area contributed by atoms with Gasteiger partial charge < -0.3 is 37.9 Å². The average Bonchev–Trinajstić information content (AvgIpc) is 4.20. The van der Waals surface area contributed by atoms with Gasteiger partial charge in [0.2, 0.25) is 0 Å². The molecule has 1 aliphatic heterocycles. The van der Waals surface area contributed by atoms with Crippen molar-refractivity contribution in [1.29, 1.82) is 0 Å². The van der Waals surface area contributed by atoms with Crippen LogP contribution in [0.25, 0.3) is 11.1 Å². The molecule has 0 bridgehead atoms. The van der Waals surface area contributed by atoms with E-state index < -0.39 is 24.1 Å². The summed E-state index contributed by atoms with van der Waals surface area (Å²) >= 11 is 0. The van der Waals surface area contributed by atoms with Crippen molar-refractivity contribution < 1.29 is 47.5 Å². The third-order valence-corrected chi connectivity index (χ3v) is 11.7. The lowest BCUT2D eigenvalue weighted by molar-refractivity contribution is -0.147. The summed E-state index contributed by atoms with van der Waals surface area (Å²) in [5.74, 6) is 2.23. The summed E-state index contributed by atoms with van der Waals surface area (Å²) in [6.45, 7) is 17.4. The molecule has 67 heavy (non-hydrogen) atoms. The second kappa shape index (κ2) is 22.3. The van der Waals surface area contributed by atoms with Crippen molar-refractivity contribution >= 4 is 11.9 Å². The highest BCUT2D eigenvalue weighted by Gasteiger charge is 2.26. The topological polar surface area (TPSA) is 111 Å². The van der Waals surface area contributed by atoms with Gasteiger partial charge in [0.05, 0.1) is 6.61 Å². The van der Waals surface area contributed by atoms with Crippen LogP contribution in [-0.4, -0.2) is 69.9 Å². The third-order valence-electron chi connectivity index (χ3n) is 11.7. The smallest absolute Gasteiger partial charge is 0.330 e. The summed E-state index contributed by atoms with van der Waals surface area (Å²) in [4.78, 5) is 24.4. The summed E-state index contributed by atoms with van der Waals surface area (Å²) < 4.78 is 46.5. The second-order valence-electron chi connectivity index (χ2n) is 17.3. The van der Waals surface area contributed by atoms with Gasteiger partial charge in [0.25, 0.3) is 0 Å². The minimum Gasteiger partial charge on any atom is -0.491 e. The van der Waals surface area contributed by atoms with Gasteiger partial charge in [-0.25, -0.2) is 9.59 Å². The molecular formula is C57H58O10. The van der Waals surface area contributed by atoms with Gasteiger partial charge in [-0.2, -0.15) is 0 Å². The second-order valence-corrected chi connectivity index (χ2v) is 17.3. The molecule has 0 saturated carbocycles. The van der Waals surface area contributed by atoms with E-state index in [1.165, 1.54) is 0 Å². The van der Waals surface area contributed by atoms with Gasteiger partial charge in [0.1, 0.15) is 67.9 Å². The number of hydrogen-bond acceptors (Lipinski definition) is 10. The molecule has 1 heterocycles. The van der Waals surface area contributed by atoms with Gasteiger partial charge in [0, 0.05) is 23.0 Å². The fourth-order valence-electron chi connectivity index (χ4n) is 7.35. The van der Waals surface area contributed by atoms with Gasteiger partial charge in [-0.15, -0.1) is 0 Å². The number of carbonyl (C=O) groups is 2. The lowest BCUT2D eigenvalue weighted by atomic mass is 9.78. The highest BCUT2D eigenvalue weighted by atomic mass is 16.6. The molecule has 1 aliphatic rings. The van der Waals surface area contributed by atoms with Gasteiger partial charge in [-0.05, 0) is 94.0 Å². The molecule has 3 atom stereocenters. The zero-order valence-corrected chi connectivity index (χ0v) is 38.6. The first-order valence-corrected chi connectivity index (χ1v) is 22.4. The average molecular weight is 903 g/mol. The summed E-state index contributed by atoms with van der Waals surface area (Å²) in [5.41, 5.74) is 5.96. The molecule has 3 unspecified atom stereocenters. The normalized spacial score (nSPS) is 14.1. The summed E-state index contributed by atoms with van der Waals surface area (Å²) in [6, 6.07) is 49.6. The monoisotopic (exact) mass is 902 g/mol. The highest BCUT2D eigenvalue weighted by molar-refractivity contribution is 5.81. The molecule has 6 aromatic carbocycles. The van der Waals surface area contributed by atoms with Crippen LogP contribution in [0.15, 0.2) is 177 Å². The minimum atomic E-state index is -0.694. The fraction of sp³-hybridized carbons (Fsp3) is 0.263. The first-order chi connectivity index (χ1) is 32.4. The Morgan fingerprint density at radius 1 is 0.493 bits per heavy atom. The van der Waals surface area contributed by atoms with E-state index in [1.807, 2.05) is 127 Å². The van der Waals surface area contributed by atoms with Crippen LogP contribution in [0.4, 0.5) is 0 Å². The van der Waals surface area contributed by atoms with Crippen LogP contribution in [0.5, 0.6) is 28.7 Å². The fourth-order valence-corrected chi connectivity index (χ4v) is 7.35. The van der Waals surface area contributed by atoms with E-state index in [1.54, 1.807) is 0 Å². The quantitative estimate of drug-likeness (QED) is 0.0331. The first kappa shape index (κ1) is 47.7. The Morgan fingerprint density at radius 3 is 1.10 bits per heavy atom. The van der Waals surface area contributed by atoms with E-state index >= 15 is 0 Å². The lowest BCUT2D eigenvalue weighted by Gasteiger charge is -2.27. The molecule has 346 valence electrons. The number of ether oxygens (including phenoxy) is 8. The lowest BCUT2D eigenvalue weighted by Crippen LogP contribution is -2.30. The van der Waals surface area contributed by atoms with Crippen LogP contribution >= 0.6 is 0 Å². The summed E-state index contributed by atoms with van der Waals surface area (Å²) in [5, 5.41) is 0. The van der Waals surface area contributed by atoms with Gasteiger partial charge in [-0.3, -0.25) is 0 Å². The number of carbonyl (C=O) groups excluding carboxylic acids is 2. The number of hydrogen-bond donors (Lipinski definition) is 0. The van der Waals surface area contributed by atoms with Crippen molar-refractivity contribution in [3.8, 4) is 39.9 Å². The summed E-state index contributed by atoms with van der Waals surface area (Å²) in [6.07, 6.45) is 1.09. The molecular weight excluding hydrogens is 845 g/mol. The molecule has 0 radical (unpaired) electrons. The Balaban J connectivity index is 0.895. The third kappa shape index (κ3) is 13.4. The summed E-state index contributed by atoms with van der Waals surface area (Å²) in [7, 11) is 0. The van der Waals surface area contributed by atoms with E-state index in [0.29, 0.717) is 29.6 Å². The van der Waals surface area contributed by atoms with Crippen LogP contribution in [-0.2, 0) is 34.6 Å². The van der Waals surface area contributed by atoms with Crippen molar-refractivity contribution in [2.24, 2.45) is 0 Å². The van der Waals surface area contributed by atoms with Crippen molar-refractivity contribution in [1.82, 2.24) is 0 Å². The van der Waals surface area contributed by atoms with Crippen molar-refractivity contribution in [3.05, 3.63) is 199 Å². The standard InChI is InChI=1S/C57H58O10/c1-7-54(58)66-52(36-61-46-24-14-41(15-25-46)40-12-10-9-11-13-40)37-62-48-28-20-44(21-29-48)57(5,6)45-22-32-50(33-23-45)64-39-53(67-55(59)8-2)38-63-49-30-18-43(19-31-49)56(3,4)42-16-26-47(27-17-42)60-34-51-35-65-51/h7-33,51-53H,1-2,34-39H2,3-6H3. The van der Waals surface area contributed by atoms with Gasteiger partial charge in [0.15, 0.2) is 12.2 Å².